The molecule has 0 radical (unpaired) electrons. The summed E-state index contributed by atoms with van der Waals surface area (Å²) in [5, 5.41) is 0. The zero-order valence-electron chi connectivity index (χ0n) is 21.0. The zero-order chi connectivity index (χ0) is 26.2. The van der Waals surface area contributed by atoms with Crippen molar-refractivity contribution in [2.45, 2.75) is 37.6 Å². The molecule has 1 aromatic heterocycles. The van der Waals surface area contributed by atoms with Gasteiger partial charge in [0.15, 0.2) is 0 Å². The summed E-state index contributed by atoms with van der Waals surface area (Å²) < 4.78 is 34.8. The quantitative estimate of drug-likeness (QED) is 0.561. The third-order valence-corrected chi connectivity index (χ3v) is 7.86. The Bertz CT molecular complexity index is 1370. The van der Waals surface area contributed by atoms with Crippen LogP contribution in [0.25, 0.3) is 11.3 Å². The lowest BCUT2D eigenvalue weighted by atomic mass is 9.97. The number of carbonyl (C=O) groups excluding carboxylic acids is 1. The molecule has 198 valence electrons. The number of likely N-dealkylation sites (tertiary alicyclic amines) is 1. The van der Waals surface area contributed by atoms with Crippen LogP contribution < -0.4 is 5.56 Å². The predicted octanol–water partition coefficient (Wildman–Crippen LogP) is 4.16. The van der Waals surface area contributed by atoms with Crippen molar-refractivity contribution < 1.29 is 18.3 Å². The minimum absolute atomic E-state index is 0.0799. The predicted molar refractivity (Wildman–Crippen MR) is 138 cm³/mol. The van der Waals surface area contributed by atoms with E-state index in [1.165, 1.54) is 6.07 Å². The number of benzene rings is 2. The number of halogens is 2. The van der Waals surface area contributed by atoms with E-state index in [-0.39, 0.29) is 29.4 Å². The van der Waals surface area contributed by atoms with Gasteiger partial charge in [0.2, 0.25) is 0 Å². The molecule has 7 nitrogen and oxygen atoms in total. The van der Waals surface area contributed by atoms with Crippen molar-refractivity contribution >= 4 is 6.03 Å². The smallest absolute Gasteiger partial charge is 0.320 e. The SMILES string of the molecule is O=C(N1CCN(Cc2ccc(-c3ccccc3)[nH]c2=O)CC1)N1C[C@H]2CC[C@H](O2)[C@H]1c1cc(F)ccc1F. The highest BCUT2D eigenvalue weighted by Gasteiger charge is 2.46. The third-order valence-electron chi connectivity index (χ3n) is 7.86. The molecule has 2 amide bonds. The van der Waals surface area contributed by atoms with Crippen LogP contribution in [0.4, 0.5) is 13.6 Å². The maximum atomic E-state index is 14.8. The number of nitrogens with zero attached hydrogens (tertiary/aromatic N) is 3. The molecule has 3 saturated heterocycles. The van der Waals surface area contributed by atoms with Gasteiger partial charge in [-0.05, 0) is 42.7 Å². The summed E-state index contributed by atoms with van der Waals surface area (Å²) in [7, 11) is 0. The first-order valence-electron chi connectivity index (χ1n) is 13.1. The molecule has 0 spiro atoms. The molecular weight excluding hydrogens is 490 g/mol. The van der Waals surface area contributed by atoms with Crippen LogP contribution in [0.2, 0.25) is 0 Å². The number of pyridine rings is 1. The number of hydrogen-bond acceptors (Lipinski definition) is 4. The van der Waals surface area contributed by atoms with E-state index < -0.39 is 17.7 Å². The molecule has 0 saturated carbocycles. The van der Waals surface area contributed by atoms with Gasteiger partial charge in [-0.3, -0.25) is 9.69 Å². The van der Waals surface area contributed by atoms with Gasteiger partial charge in [0, 0.05) is 56.1 Å². The largest absolute Gasteiger partial charge is 0.371 e. The minimum atomic E-state index is -0.656. The fraction of sp³-hybridized carbons (Fsp3) is 0.379. The van der Waals surface area contributed by atoms with Gasteiger partial charge in [0.05, 0.1) is 18.2 Å². The van der Waals surface area contributed by atoms with Crippen LogP contribution >= 0.6 is 0 Å². The number of aromatic amines is 1. The minimum Gasteiger partial charge on any atom is -0.371 e. The van der Waals surface area contributed by atoms with Gasteiger partial charge >= 0.3 is 6.03 Å². The van der Waals surface area contributed by atoms with Crippen LogP contribution in [0.5, 0.6) is 0 Å². The van der Waals surface area contributed by atoms with E-state index in [9.17, 15) is 18.4 Å². The van der Waals surface area contributed by atoms with E-state index in [1.54, 1.807) is 9.80 Å². The molecule has 3 fully saturated rings. The van der Waals surface area contributed by atoms with E-state index in [0.717, 1.165) is 29.8 Å². The molecule has 6 rings (SSSR count). The number of rotatable bonds is 4. The second-order valence-electron chi connectivity index (χ2n) is 10.3. The van der Waals surface area contributed by atoms with Crippen molar-refractivity contribution in [3.63, 3.8) is 0 Å². The molecule has 1 N–H and O–H groups in total. The van der Waals surface area contributed by atoms with Crippen LogP contribution in [0.1, 0.15) is 30.0 Å². The lowest BCUT2D eigenvalue weighted by Gasteiger charge is -2.44. The van der Waals surface area contributed by atoms with Crippen LogP contribution in [0.15, 0.2) is 65.5 Å². The van der Waals surface area contributed by atoms with Crippen molar-refractivity contribution in [1.82, 2.24) is 19.7 Å². The Morgan fingerprint density at radius 3 is 2.53 bits per heavy atom. The second-order valence-corrected chi connectivity index (χ2v) is 10.3. The highest BCUT2D eigenvalue weighted by atomic mass is 19.1. The van der Waals surface area contributed by atoms with Gasteiger partial charge < -0.3 is 19.5 Å². The Morgan fingerprint density at radius 2 is 1.76 bits per heavy atom. The summed E-state index contributed by atoms with van der Waals surface area (Å²) in [5.74, 6) is -1.06. The Balaban J connectivity index is 1.12. The maximum absolute atomic E-state index is 14.8. The molecule has 4 heterocycles. The van der Waals surface area contributed by atoms with Crippen LogP contribution in [-0.2, 0) is 11.3 Å². The highest BCUT2D eigenvalue weighted by Crippen LogP contribution is 2.41. The average molecular weight is 521 g/mol. The normalized spacial score (nSPS) is 23.6. The van der Waals surface area contributed by atoms with E-state index in [0.29, 0.717) is 51.3 Å². The molecule has 3 aromatic rings. The third kappa shape index (κ3) is 4.83. The first-order chi connectivity index (χ1) is 18.5. The van der Waals surface area contributed by atoms with Crippen molar-refractivity contribution in [2.24, 2.45) is 0 Å². The summed E-state index contributed by atoms with van der Waals surface area (Å²) in [6.45, 7) is 3.06. The van der Waals surface area contributed by atoms with E-state index in [1.807, 2.05) is 42.5 Å². The highest BCUT2D eigenvalue weighted by molar-refractivity contribution is 5.75. The van der Waals surface area contributed by atoms with Crippen LogP contribution in [0.3, 0.4) is 0 Å². The average Bonchev–Trinajstić information content (AvgIpc) is 3.32. The Morgan fingerprint density at radius 1 is 0.974 bits per heavy atom. The Labute approximate surface area is 219 Å². The van der Waals surface area contributed by atoms with Gasteiger partial charge in [-0.25, -0.2) is 13.6 Å². The van der Waals surface area contributed by atoms with E-state index in [2.05, 4.69) is 9.88 Å². The molecular formula is C29H30F2N4O3. The molecule has 38 heavy (non-hydrogen) atoms. The topological polar surface area (TPSA) is 68.9 Å². The monoisotopic (exact) mass is 520 g/mol. The summed E-state index contributed by atoms with van der Waals surface area (Å²) in [6, 6.07) is 16.0. The number of ether oxygens (including phenoxy) is 1. The van der Waals surface area contributed by atoms with Crippen molar-refractivity contribution in [1.29, 1.82) is 0 Å². The number of carbonyl (C=O) groups is 1. The number of H-pyrrole nitrogens is 1. The van der Waals surface area contributed by atoms with Gasteiger partial charge in [-0.15, -0.1) is 0 Å². The first-order valence-corrected chi connectivity index (χ1v) is 13.1. The number of aromatic nitrogens is 1. The summed E-state index contributed by atoms with van der Waals surface area (Å²) in [4.78, 5) is 35.0. The van der Waals surface area contributed by atoms with Gasteiger partial charge in [-0.1, -0.05) is 36.4 Å². The van der Waals surface area contributed by atoms with Gasteiger partial charge in [-0.2, -0.15) is 0 Å². The Hall–Kier alpha value is -3.56. The first kappa shape index (κ1) is 24.8. The van der Waals surface area contributed by atoms with E-state index >= 15 is 0 Å². The molecule has 0 unspecified atom stereocenters. The number of morpholine rings is 1. The molecule has 3 aliphatic heterocycles. The van der Waals surface area contributed by atoms with Crippen LogP contribution in [0, 0.1) is 11.6 Å². The number of piperazine rings is 1. The summed E-state index contributed by atoms with van der Waals surface area (Å²) >= 11 is 0. The maximum Gasteiger partial charge on any atom is 0.320 e. The molecule has 0 aliphatic carbocycles. The molecule has 3 aliphatic rings. The summed E-state index contributed by atoms with van der Waals surface area (Å²) in [5.41, 5.74) is 2.46. The molecule has 9 heteroatoms. The zero-order valence-corrected chi connectivity index (χ0v) is 21.0. The van der Waals surface area contributed by atoms with Crippen LogP contribution in [-0.4, -0.2) is 70.6 Å². The Kier molecular flexibility index (Phi) is 6.71. The second kappa shape index (κ2) is 10.3. The standard InChI is InChI=1S/C29H30F2N4O3/c30-21-7-9-24(31)23(16-21)27-26-11-8-22(38-26)18-35(27)29(37)34-14-12-33(13-15-34)17-20-6-10-25(32-28(20)36)19-4-2-1-3-5-19/h1-7,9-10,16,22,26-27H,8,11-15,17-18H2,(H,32,36)/t22-,26+,27-/m1/s1. The van der Waals surface area contributed by atoms with Crippen molar-refractivity contribution in [3.8, 4) is 11.3 Å². The van der Waals surface area contributed by atoms with Gasteiger partial charge in [0.1, 0.15) is 11.6 Å². The summed E-state index contributed by atoms with van der Waals surface area (Å²) in [6.07, 6.45) is 1.08. The molecule has 2 bridgehead atoms. The number of hydrogen-bond donors (Lipinski definition) is 1. The van der Waals surface area contributed by atoms with Crippen molar-refractivity contribution in [3.05, 3.63) is 93.8 Å². The number of nitrogens with one attached hydrogen (secondary N) is 1. The van der Waals surface area contributed by atoms with Gasteiger partial charge in [0.25, 0.3) is 5.56 Å². The lowest BCUT2D eigenvalue weighted by Crippen LogP contribution is -2.57. The fourth-order valence-corrected chi connectivity index (χ4v) is 5.87. The fourth-order valence-electron chi connectivity index (χ4n) is 5.87. The number of fused-ring (bicyclic) bond motifs is 2. The lowest BCUT2D eigenvalue weighted by molar-refractivity contribution is -0.0681. The van der Waals surface area contributed by atoms with E-state index in [4.69, 9.17) is 4.74 Å². The van der Waals surface area contributed by atoms with Crippen molar-refractivity contribution in [2.75, 3.05) is 32.7 Å². The molecule has 3 atom stereocenters. The number of urea groups is 1. The molecule has 2 aromatic carbocycles. The number of amides is 2.